The monoisotopic (exact) mass is 267 g/mol. The fourth-order valence-electron chi connectivity index (χ4n) is 1.63. The maximum atomic E-state index is 6.23. The molecular weight excluding hydrogens is 254 g/mol. The van der Waals surface area contributed by atoms with Crippen LogP contribution in [0.3, 0.4) is 0 Å². The Morgan fingerprint density at radius 1 is 1.47 bits per heavy atom. The Hall–Kier alpha value is -1.10. The summed E-state index contributed by atoms with van der Waals surface area (Å²) in [6.07, 6.45) is 0. The van der Waals surface area contributed by atoms with E-state index in [-0.39, 0.29) is 0 Å². The van der Waals surface area contributed by atoms with Crippen molar-refractivity contribution in [3.05, 3.63) is 45.4 Å². The summed E-state index contributed by atoms with van der Waals surface area (Å²) in [7, 11) is 2.00. The lowest BCUT2D eigenvalue weighted by molar-refractivity contribution is 0.894. The summed E-state index contributed by atoms with van der Waals surface area (Å²) < 4.78 is 0. The Morgan fingerprint density at radius 3 is 2.88 bits per heavy atom. The first-order valence-corrected chi connectivity index (χ1v) is 6.59. The van der Waals surface area contributed by atoms with E-state index in [0.29, 0.717) is 6.54 Å². The predicted octanol–water partition coefficient (Wildman–Crippen LogP) is 2.89. The van der Waals surface area contributed by atoms with Crippen molar-refractivity contribution in [1.29, 1.82) is 0 Å². The zero-order valence-electron chi connectivity index (χ0n) is 9.56. The maximum absolute atomic E-state index is 6.23. The standard InChI is InChI=1S/C12H14ClN3S/c1-16(6-10-7-17-8-15-10)12-3-2-9(5-14)4-11(12)13/h2-4,7-8H,5-6,14H2,1H3. The van der Waals surface area contributed by atoms with Gasteiger partial charge in [0.25, 0.3) is 0 Å². The largest absolute Gasteiger partial charge is 0.367 e. The van der Waals surface area contributed by atoms with Crippen molar-refractivity contribution in [3.8, 4) is 0 Å². The number of rotatable bonds is 4. The summed E-state index contributed by atoms with van der Waals surface area (Å²) in [6.45, 7) is 1.26. The normalized spacial score (nSPS) is 10.5. The quantitative estimate of drug-likeness (QED) is 0.926. The molecule has 0 aliphatic heterocycles. The lowest BCUT2D eigenvalue weighted by atomic mass is 10.2. The number of thiazole rings is 1. The van der Waals surface area contributed by atoms with Crippen molar-refractivity contribution >= 4 is 28.6 Å². The van der Waals surface area contributed by atoms with Crippen LogP contribution in [0.4, 0.5) is 5.69 Å². The summed E-state index contributed by atoms with van der Waals surface area (Å²) >= 11 is 7.83. The minimum absolute atomic E-state index is 0.510. The third-order valence-corrected chi connectivity index (χ3v) is 3.48. The number of benzene rings is 1. The van der Waals surface area contributed by atoms with Crippen molar-refractivity contribution in [3.63, 3.8) is 0 Å². The summed E-state index contributed by atoms with van der Waals surface area (Å²) in [5.41, 5.74) is 10.5. The van der Waals surface area contributed by atoms with Crippen LogP contribution in [0.15, 0.2) is 29.1 Å². The maximum Gasteiger partial charge on any atom is 0.0795 e. The minimum atomic E-state index is 0.510. The van der Waals surface area contributed by atoms with Crippen molar-refractivity contribution in [2.24, 2.45) is 5.73 Å². The van der Waals surface area contributed by atoms with Gasteiger partial charge in [0.05, 0.1) is 28.5 Å². The van der Waals surface area contributed by atoms with Crippen LogP contribution >= 0.6 is 22.9 Å². The topological polar surface area (TPSA) is 42.2 Å². The van der Waals surface area contributed by atoms with E-state index in [1.807, 2.05) is 36.1 Å². The Bertz CT molecular complexity index is 485. The molecule has 0 saturated heterocycles. The Kier molecular flexibility index (Phi) is 3.99. The molecule has 0 amide bonds. The third-order valence-electron chi connectivity index (χ3n) is 2.54. The van der Waals surface area contributed by atoms with Gasteiger partial charge in [0.1, 0.15) is 0 Å². The van der Waals surface area contributed by atoms with Crippen LogP contribution in [0.1, 0.15) is 11.3 Å². The van der Waals surface area contributed by atoms with Crippen molar-refractivity contribution in [1.82, 2.24) is 4.98 Å². The number of hydrogen-bond acceptors (Lipinski definition) is 4. The van der Waals surface area contributed by atoms with Gasteiger partial charge in [0.15, 0.2) is 0 Å². The molecule has 0 atom stereocenters. The highest BCUT2D eigenvalue weighted by molar-refractivity contribution is 7.07. The molecule has 5 heteroatoms. The molecule has 0 unspecified atom stereocenters. The molecule has 0 bridgehead atoms. The first-order chi connectivity index (χ1) is 8.20. The van der Waals surface area contributed by atoms with Gasteiger partial charge in [0.2, 0.25) is 0 Å². The van der Waals surface area contributed by atoms with Gasteiger partial charge in [-0.05, 0) is 17.7 Å². The third kappa shape index (κ3) is 2.97. The molecule has 0 aliphatic carbocycles. The van der Waals surface area contributed by atoms with Crippen LogP contribution in [-0.4, -0.2) is 12.0 Å². The van der Waals surface area contributed by atoms with Gasteiger partial charge >= 0.3 is 0 Å². The van der Waals surface area contributed by atoms with Crippen LogP contribution in [0.2, 0.25) is 5.02 Å². The first-order valence-electron chi connectivity index (χ1n) is 5.27. The number of anilines is 1. The summed E-state index contributed by atoms with van der Waals surface area (Å²) in [6, 6.07) is 5.91. The molecule has 2 rings (SSSR count). The van der Waals surface area contributed by atoms with E-state index in [2.05, 4.69) is 9.88 Å². The van der Waals surface area contributed by atoms with Crippen molar-refractivity contribution in [2.45, 2.75) is 13.1 Å². The summed E-state index contributed by atoms with van der Waals surface area (Å²) in [4.78, 5) is 6.34. The molecule has 1 heterocycles. The molecule has 0 aliphatic rings. The summed E-state index contributed by atoms with van der Waals surface area (Å²) in [5.74, 6) is 0. The highest BCUT2D eigenvalue weighted by Gasteiger charge is 2.08. The minimum Gasteiger partial charge on any atom is -0.367 e. The Morgan fingerprint density at radius 2 is 2.29 bits per heavy atom. The van der Waals surface area contributed by atoms with E-state index in [0.717, 1.165) is 28.5 Å². The van der Waals surface area contributed by atoms with E-state index in [4.69, 9.17) is 17.3 Å². The molecular formula is C12H14ClN3S. The molecule has 2 aromatic rings. The molecule has 1 aromatic heterocycles. The highest BCUT2D eigenvalue weighted by atomic mass is 35.5. The van der Waals surface area contributed by atoms with Crippen molar-refractivity contribution in [2.75, 3.05) is 11.9 Å². The average Bonchev–Trinajstić information content (AvgIpc) is 2.81. The SMILES string of the molecule is CN(Cc1cscn1)c1ccc(CN)cc1Cl. The fourth-order valence-corrected chi connectivity index (χ4v) is 2.53. The van der Waals surface area contributed by atoms with Crippen LogP contribution in [0.5, 0.6) is 0 Å². The van der Waals surface area contributed by atoms with E-state index in [1.165, 1.54) is 0 Å². The van der Waals surface area contributed by atoms with Gasteiger partial charge < -0.3 is 10.6 Å². The Balaban J connectivity index is 2.16. The molecule has 90 valence electrons. The lowest BCUT2D eigenvalue weighted by Crippen LogP contribution is -2.17. The van der Waals surface area contributed by atoms with Gasteiger partial charge in [-0.3, -0.25) is 0 Å². The Labute approximate surface area is 110 Å². The molecule has 0 saturated carbocycles. The number of hydrogen-bond donors (Lipinski definition) is 1. The molecule has 0 radical (unpaired) electrons. The zero-order chi connectivity index (χ0) is 12.3. The number of nitrogens with zero attached hydrogens (tertiary/aromatic N) is 2. The molecule has 1 aromatic carbocycles. The second kappa shape index (κ2) is 5.49. The predicted molar refractivity (Wildman–Crippen MR) is 73.6 cm³/mol. The van der Waals surface area contributed by atoms with Crippen molar-refractivity contribution < 1.29 is 0 Å². The van der Waals surface area contributed by atoms with E-state index < -0.39 is 0 Å². The van der Waals surface area contributed by atoms with E-state index in [1.54, 1.807) is 11.3 Å². The fraction of sp³-hybridized carbons (Fsp3) is 0.250. The van der Waals surface area contributed by atoms with Gasteiger partial charge in [-0.1, -0.05) is 17.7 Å². The number of halogens is 1. The van der Waals surface area contributed by atoms with Gasteiger partial charge in [-0.15, -0.1) is 11.3 Å². The van der Waals surface area contributed by atoms with Crippen LogP contribution in [0.25, 0.3) is 0 Å². The second-order valence-electron chi connectivity index (χ2n) is 3.83. The van der Waals surface area contributed by atoms with Gasteiger partial charge in [-0.2, -0.15) is 0 Å². The van der Waals surface area contributed by atoms with Crippen LogP contribution < -0.4 is 10.6 Å². The zero-order valence-corrected chi connectivity index (χ0v) is 11.1. The summed E-state index contributed by atoms with van der Waals surface area (Å²) in [5, 5.41) is 2.77. The molecule has 17 heavy (non-hydrogen) atoms. The van der Waals surface area contributed by atoms with Crippen LogP contribution in [0, 0.1) is 0 Å². The van der Waals surface area contributed by atoms with E-state index in [9.17, 15) is 0 Å². The second-order valence-corrected chi connectivity index (χ2v) is 4.95. The average molecular weight is 268 g/mol. The molecule has 0 fully saturated rings. The lowest BCUT2D eigenvalue weighted by Gasteiger charge is -2.20. The smallest absolute Gasteiger partial charge is 0.0795 e. The van der Waals surface area contributed by atoms with Crippen LogP contribution in [-0.2, 0) is 13.1 Å². The highest BCUT2D eigenvalue weighted by Crippen LogP contribution is 2.27. The van der Waals surface area contributed by atoms with E-state index >= 15 is 0 Å². The van der Waals surface area contributed by atoms with Gasteiger partial charge in [-0.25, -0.2) is 4.98 Å². The first kappa shape index (κ1) is 12.4. The number of aromatic nitrogens is 1. The van der Waals surface area contributed by atoms with Gasteiger partial charge in [0, 0.05) is 19.0 Å². The molecule has 3 nitrogen and oxygen atoms in total. The number of nitrogens with two attached hydrogens (primary N) is 1. The molecule has 0 spiro atoms. The molecule has 2 N–H and O–H groups in total.